The number of thiophene rings is 1. The van der Waals surface area contributed by atoms with Crippen molar-refractivity contribution in [3.63, 3.8) is 0 Å². The van der Waals surface area contributed by atoms with Gasteiger partial charge in [-0.25, -0.2) is 4.98 Å². The molecule has 3 aromatic heterocycles. The van der Waals surface area contributed by atoms with Crippen molar-refractivity contribution in [3.05, 3.63) is 62.0 Å². The van der Waals surface area contributed by atoms with E-state index in [-0.39, 0.29) is 11.8 Å². The molecule has 0 saturated carbocycles. The summed E-state index contributed by atoms with van der Waals surface area (Å²) in [5.41, 5.74) is 6.33. The van der Waals surface area contributed by atoms with Gasteiger partial charge in [-0.3, -0.25) is 14.6 Å². The molecule has 1 aliphatic rings. The van der Waals surface area contributed by atoms with Crippen LogP contribution in [0.15, 0.2) is 32.7 Å². The van der Waals surface area contributed by atoms with Crippen LogP contribution in [-0.2, 0) is 35.5 Å². The fraction of sp³-hybridized carbons (Fsp3) is 0.364. The average molecular weight is 473 g/mol. The summed E-state index contributed by atoms with van der Waals surface area (Å²) in [5, 5.41) is 9.01. The third-order valence-electron chi connectivity index (χ3n) is 5.27. The van der Waals surface area contributed by atoms with E-state index in [2.05, 4.69) is 15.3 Å². The monoisotopic (exact) mass is 472 g/mol. The van der Waals surface area contributed by atoms with E-state index in [0.717, 1.165) is 38.8 Å². The molecule has 31 heavy (non-hydrogen) atoms. The number of hydrogen-bond donors (Lipinski definition) is 1. The minimum absolute atomic E-state index is 0.0115. The highest BCUT2D eigenvalue weighted by Crippen LogP contribution is 2.26. The maximum atomic E-state index is 12.7. The van der Waals surface area contributed by atoms with Crippen molar-refractivity contribution in [2.24, 2.45) is 0 Å². The molecular formula is C22H24N4O2S3. The molecule has 1 aliphatic heterocycles. The van der Waals surface area contributed by atoms with E-state index < -0.39 is 0 Å². The third kappa shape index (κ3) is 5.53. The molecule has 0 bridgehead atoms. The van der Waals surface area contributed by atoms with E-state index in [9.17, 15) is 9.59 Å². The third-order valence-corrected chi connectivity index (χ3v) is 8.13. The summed E-state index contributed by atoms with van der Waals surface area (Å²) in [4.78, 5) is 35.9. The minimum atomic E-state index is 0.0115. The van der Waals surface area contributed by atoms with E-state index in [4.69, 9.17) is 0 Å². The number of pyridine rings is 1. The summed E-state index contributed by atoms with van der Waals surface area (Å²) in [6.07, 6.45) is 3.04. The number of nitrogens with zero attached hydrogens (tertiary/aromatic N) is 3. The molecule has 1 N–H and O–H groups in total. The van der Waals surface area contributed by atoms with Crippen LogP contribution < -0.4 is 5.32 Å². The van der Waals surface area contributed by atoms with Gasteiger partial charge in [0.1, 0.15) is 0 Å². The molecule has 2 amide bonds. The van der Waals surface area contributed by atoms with Gasteiger partial charge >= 0.3 is 0 Å². The number of hydrogen-bond acceptors (Lipinski definition) is 7. The molecule has 6 nitrogen and oxygen atoms in total. The Labute approximate surface area is 194 Å². The van der Waals surface area contributed by atoms with Gasteiger partial charge in [-0.05, 0) is 59.3 Å². The molecule has 0 radical (unpaired) electrons. The Morgan fingerprint density at radius 1 is 1.29 bits per heavy atom. The lowest BCUT2D eigenvalue weighted by Gasteiger charge is -2.30. The molecule has 4 rings (SSSR count). The predicted octanol–water partition coefficient (Wildman–Crippen LogP) is 3.75. The quantitative estimate of drug-likeness (QED) is 0.530. The van der Waals surface area contributed by atoms with E-state index in [1.54, 1.807) is 22.7 Å². The van der Waals surface area contributed by atoms with Crippen LogP contribution in [0.25, 0.3) is 0 Å². The Morgan fingerprint density at radius 3 is 2.90 bits per heavy atom. The zero-order chi connectivity index (χ0) is 21.8. The summed E-state index contributed by atoms with van der Waals surface area (Å²) in [7, 11) is 0. The van der Waals surface area contributed by atoms with Crippen LogP contribution in [0.1, 0.15) is 33.6 Å². The number of carbonyl (C=O) groups excluding carboxylic acids is 2. The smallest absolute Gasteiger partial charge is 0.233 e. The van der Waals surface area contributed by atoms with Gasteiger partial charge in [0.25, 0.3) is 0 Å². The normalized spacial score (nSPS) is 13.2. The molecule has 0 atom stereocenters. The Bertz CT molecular complexity index is 1080. The molecule has 3 aromatic rings. The van der Waals surface area contributed by atoms with Crippen LogP contribution in [0.3, 0.4) is 0 Å². The number of amides is 2. The molecule has 0 unspecified atom stereocenters. The van der Waals surface area contributed by atoms with Crippen molar-refractivity contribution >= 4 is 46.2 Å². The van der Waals surface area contributed by atoms with Gasteiger partial charge in [0.2, 0.25) is 11.8 Å². The lowest BCUT2D eigenvalue weighted by Crippen LogP contribution is -2.38. The SMILES string of the molecule is Cc1csc(SCC(=O)N2CCc3c(cnc(C)c3CNC(=O)Cc3ccsc3)C2)n1. The fourth-order valence-corrected chi connectivity index (χ4v) is 6.03. The van der Waals surface area contributed by atoms with Gasteiger partial charge in [-0.1, -0.05) is 11.8 Å². The molecule has 0 fully saturated rings. The number of carbonyl (C=O) groups is 2. The average Bonchev–Trinajstić information content (AvgIpc) is 3.42. The summed E-state index contributed by atoms with van der Waals surface area (Å²) in [5.74, 6) is 0.528. The van der Waals surface area contributed by atoms with Gasteiger partial charge in [0.15, 0.2) is 4.34 Å². The Kier molecular flexibility index (Phi) is 7.04. The standard InChI is InChI=1S/C22H24N4O2S3/c1-14-11-30-22(25-14)31-13-21(28)26-5-3-18-17(10-26)8-23-15(2)19(18)9-24-20(27)7-16-4-6-29-12-16/h4,6,8,11-12H,3,5,7,9-10,13H2,1-2H3,(H,24,27). The summed E-state index contributed by atoms with van der Waals surface area (Å²) >= 11 is 4.67. The number of fused-ring (bicyclic) bond motifs is 1. The lowest BCUT2D eigenvalue weighted by molar-refractivity contribution is -0.129. The number of aryl methyl sites for hydroxylation is 2. The van der Waals surface area contributed by atoms with E-state index in [1.165, 1.54) is 17.3 Å². The molecule has 162 valence electrons. The molecule has 4 heterocycles. The van der Waals surface area contributed by atoms with Gasteiger partial charge in [-0.15, -0.1) is 11.3 Å². The fourth-order valence-electron chi connectivity index (χ4n) is 3.61. The van der Waals surface area contributed by atoms with Gasteiger partial charge in [0.05, 0.1) is 12.2 Å². The highest BCUT2D eigenvalue weighted by Gasteiger charge is 2.24. The molecule has 0 aliphatic carbocycles. The van der Waals surface area contributed by atoms with Crippen molar-refractivity contribution < 1.29 is 9.59 Å². The summed E-state index contributed by atoms with van der Waals surface area (Å²) in [6.45, 7) is 5.65. The van der Waals surface area contributed by atoms with Crippen LogP contribution in [-0.4, -0.2) is 39.0 Å². The number of rotatable bonds is 7. The summed E-state index contributed by atoms with van der Waals surface area (Å²) < 4.78 is 0.932. The molecule has 0 aromatic carbocycles. The minimum Gasteiger partial charge on any atom is -0.352 e. The first-order chi connectivity index (χ1) is 15.0. The first kappa shape index (κ1) is 22.0. The highest BCUT2D eigenvalue weighted by atomic mass is 32.2. The van der Waals surface area contributed by atoms with Crippen molar-refractivity contribution in [2.45, 2.75) is 44.1 Å². The number of thiazole rings is 1. The molecule has 0 saturated heterocycles. The maximum Gasteiger partial charge on any atom is 0.233 e. The highest BCUT2D eigenvalue weighted by molar-refractivity contribution is 8.01. The van der Waals surface area contributed by atoms with Crippen molar-refractivity contribution in [1.29, 1.82) is 0 Å². The Morgan fingerprint density at radius 2 is 2.16 bits per heavy atom. The number of thioether (sulfide) groups is 1. The number of nitrogens with one attached hydrogen (secondary N) is 1. The van der Waals surface area contributed by atoms with E-state index >= 15 is 0 Å². The van der Waals surface area contributed by atoms with Crippen LogP contribution in [0, 0.1) is 13.8 Å². The number of aromatic nitrogens is 2. The molecule has 9 heteroatoms. The second-order valence-electron chi connectivity index (χ2n) is 7.52. The van der Waals surface area contributed by atoms with Crippen LogP contribution in [0.5, 0.6) is 0 Å². The zero-order valence-electron chi connectivity index (χ0n) is 17.5. The second-order valence-corrected chi connectivity index (χ2v) is 10.4. The largest absolute Gasteiger partial charge is 0.352 e. The first-order valence-electron chi connectivity index (χ1n) is 10.1. The van der Waals surface area contributed by atoms with Crippen molar-refractivity contribution in [1.82, 2.24) is 20.2 Å². The van der Waals surface area contributed by atoms with Gasteiger partial charge in [0, 0.05) is 42.6 Å². The van der Waals surface area contributed by atoms with Crippen LogP contribution in [0.4, 0.5) is 0 Å². The van der Waals surface area contributed by atoms with Gasteiger partial charge < -0.3 is 10.2 Å². The van der Waals surface area contributed by atoms with Crippen molar-refractivity contribution in [2.75, 3.05) is 12.3 Å². The van der Waals surface area contributed by atoms with E-state index in [1.807, 2.05) is 47.2 Å². The van der Waals surface area contributed by atoms with Gasteiger partial charge in [-0.2, -0.15) is 11.3 Å². The van der Waals surface area contributed by atoms with Crippen LogP contribution >= 0.6 is 34.4 Å². The topological polar surface area (TPSA) is 75.2 Å². The Balaban J connectivity index is 1.37. The molecule has 0 spiro atoms. The predicted molar refractivity (Wildman–Crippen MR) is 126 cm³/mol. The van der Waals surface area contributed by atoms with E-state index in [0.29, 0.717) is 31.8 Å². The lowest BCUT2D eigenvalue weighted by atomic mass is 9.95. The summed E-state index contributed by atoms with van der Waals surface area (Å²) in [6, 6.07) is 1.97. The second kappa shape index (κ2) is 9.93. The first-order valence-corrected chi connectivity index (χ1v) is 12.9. The molecular weight excluding hydrogens is 448 g/mol. The Hall–Kier alpha value is -2.23. The maximum absolute atomic E-state index is 12.7. The van der Waals surface area contributed by atoms with Crippen LogP contribution in [0.2, 0.25) is 0 Å². The zero-order valence-corrected chi connectivity index (χ0v) is 20.0. The van der Waals surface area contributed by atoms with Crippen molar-refractivity contribution in [3.8, 4) is 0 Å².